The number of ether oxygens (including phenoxy) is 1. The Bertz CT molecular complexity index is 409. The summed E-state index contributed by atoms with van der Waals surface area (Å²) in [6, 6.07) is 7.56. The zero-order valence-corrected chi connectivity index (χ0v) is 12.3. The van der Waals surface area contributed by atoms with E-state index in [1.54, 1.807) is 0 Å². The Labute approximate surface area is 125 Å². The molecule has 3 nitrogen and oxygen atoms in total. The highest BCUT2D eigenvalue weighted by Gasteiger charge is 2.34. The maximum absolute atomic E-state index is 12.9. The van der Waals surface area contributed by atoms with Crippen molar-refractivity contribution in [3.05, 3.63) is 30.1 Å². The Morgan fingerprint density at radius 1 is 1.20 bits per heavy atom. The summed E-state index contributed by atoms with van der Waals surface area (Å²) in [5, 5.41) is 7.11. The fraction of sp³-hybridized carbons (Fsp3) is 0.600. The average molecular weight is 301 g/mol. The second-order valence-electron chi connectivity index (χ2n) is 5.49. The van der Waals surface area contributed by atoms with E-state index in [4.69, 9.17) is 4.74 Å². The van der Waals surface area contributed by atoms with Crippen LogP contribution in [0.1, 0.15) is 19.3 Å². The monoisotopic (exact) mass is 300 g/mol. The van der Waals surface area contributed by atoms with E-state index >= 15 is 0 Å². The summed E-state index contributed by atoms with van der Waals surface area (Å²) in [6.45, 7) is 2.58. The van der Waals surface area contributed by atoms with Gasteiger partial charge in [-0.1, -0.05) is 6.42 Å². The molecule has 0 aromatic heterocycles. The molecule has 112 valence electrons. The van der Waals surface area contributed by atoms with Crippen LogP contribution in [-0.2, 0) is 4.74 Å². The van der Waals surface area contributed by atoms with E-state index in [2.05, 4.69) is 10.6 Å². The predicted molar refractivity (Wildman–Crippen MR) is 81.0 cm³/mol. The highest BCUT2D eigenvalue weighted by molar-refractivity contribution is 5.85. The van der Waals surface area contributed by atoms with Gasteiger partial charge in [-0.3, -0.25) is 0 Å². The highest BCUT2D eigenvalue weighted by Crippen LogP contribution is 2.31. The van der Waals surface area contributed by atoms with E-state index in [-0.39, 0.29) is 18.2 Å². The third kappa shape index (κ3) is 3.62. The number of morpholine rings is 1. The van der Waals surface area contributed by atoms with Gasteiger partial charge < -0.3 is 15.4 Å². The van der Waals surface area contributed by atoms with Gasteiger partial charge in [-0.2, -0.15) is 0 Å². The van der Waals surface area contributed by atoms with Crippen molar-refractivity contribution in [2.24, 2.45) is 5.92 Å². The van der Waals surface area contributed by atoms with Crippen molar-refractivity contribution in [3.8, 4) is 0 Å². The minimum absolute atomic E-state index is 0. The molecule has 2 N–H and O–H groups in total. The van der Waals surface area contributed by atoms with Gasteiger partial charge in [0.15, 0.2) is 0 Å². The largest absolute Gasteiger partial charge is 0.382 e. The SMILES string of the molecule is Cl.Fc1ccc(NC2CCCC2C2COCCN2)cc1. The minimum Gasteiger partial charge on any atom is -0.382 e. The summed E-state index contributed by atoms with van der Waals surface area (Å²) in [5.41, 5.74) is 1.01. The molecule has 2 aliphatic rings. The third-order valence-electron chi connectivity index (χ3n) is 4.23. The van der Waals surface area contributed by atoms with Crippen LogP contribution in [0.3, 0.4) is 0 Å². The maximum atomic E-state index is 12.9. The summed E-state index contributed by atoms with van der Waals surface area (Å²) in [4.78, 5) is 0. The maximum Gasteiger partial charge on any atom is 0.123 e. The number of halogens is 2. The molecular weight excluding hydrogens is 279 g/mol. The molecular formula is C15H22ClFN2O. The van der Waals surface area contributed by atoms with Gasteiger partial charge in [0.25, 0.3) is 0 Å². The molecule has 1 aromatic carbocycles. The second kappa shape index (κ2) is 7.25. The predicted octanol–water partition coefficient (Wildman–Crippen LogP) is 2.82. The lowest BCUT2D eigenvalue weighted by Gasteiger charge is -2.33. The molecule has 1 heterocycles. The summed E-state index contributed by atoms with van der Waals surface area (Å²) in [5.74, 6) is 0.418. The number of anilines is 1. The first-order valence-corrected chi connectivity index (χ1v) is 7.16. The molecule has 1 saturated carbocycles. The Morgan fingerprint density at radius 3 is 2.70 bits per heavy atom. The molecule has 3 unspecified atom stereocenters. The number of hydrogen-bond donors (Lipinski definition) is 2. The first kappa shape index (κ1) is 15.5. The molecule has 3 rings (SSSR count). The smallest absolute Gasteiger partial charge is 0.123 e. The second-order valence-corrected chi connectivity index (χ2v) is 5.49. The van der Waals surface area contributed by atoms with Crippen molar-refractivity contribution < 1.29 is 9.13 Å². The first-order valence-electron chi connectivity index (χ1n) is 7.16. The molecule has 5 heteroatoms. The van der Waals surface area contributed by atoms with Crippen molar-refractivity contribution in [3.63, 3.8) is 0 Å². The van der Waals surface area contributed by atoms with Gasteiger partial charge in [-0.05, 0) is 43.0 Å². The molecule has 1 aliphatic heterocycles. The number of rotatable bonds is 3. The summed E-state index contributed by atoms with van der Waals surface area (Å²) < 4.78 is 18.5. The Morgan fingerprint density at radius 2 is 2.00 bits per heavy atom. The van der Waals surface area contributed by atoms with Gasteiger partial charge in [0.05, 0.1) is 13.2 Å². The topological polar surface area (TPSA) is 33.3 Å². The van der Waals surface area contributed by atoms with Crippen LogP contribution in [0.15, 0.2) is 24.3 Å². The van der Waals surface area contributed by atoms with Crippen LogP contribution in [0.25, 0.3) is 0 Å². The van der Waals surface area contributed by atoms with E-state index in [0.717, 1.165) is 25.4 Å². The van der Waals surface area contributed by atoms with E-state index in [9.17, 15) is 4.39 Å². The lowest BCUT2D eigenvalue weighted by molar-refractivity contribution is 0.0559. The molecule has 1 aliphatic carbocycles. The lowest BCUT2D eigenvalue weighted by Crippen LogP contribution is -2.49. The molecule has 0 amide bonds. The van der Waals surface area contributed by atoms with E-state index < -0.39 is 0 Å². The van der Waals surface area contributed by atoms with Gasteiger partial charge in [0.2, 0.25) is 0 Å². The molecule has 0 bridgehead atoms. The summed E-state index contributed by atoms with van der Waals surface area (Å²) in [7, 11) is 0. The molecule has 0 spiro atoms. The van der Waals surface area contributed by atoms with Crippen molar-refractivity contribution in [1.29, 1.82) is 0 Å². The third-order valence-corrected chi connectivity index (χ3v) is 4.23. The van der Waals surface area contributed by atoms with Crippen molar-refractivity contribution in [1.82, 2.24) is 5.32 Å². The van der Waals surface area contributed by atoms with Gasteiger partial charge in [-0.25, -0.2) is 4.39 Å². The van der Waals surface area contributed by atoms with Crippen LogP contribution >= 0.6 is 12.4 Å². The van der Waals surface area contributed by atoms with E-state index in [1.807, 2.05) is 12.1 Å². The van der Waals surface area contributed by atoms with E-state index in [0.29, 0.717) is 18.0 Å². The van der Waals surface area contributed by atoms with Crippen LogP contribution in [-0.4, -0.2) is 31.8 Å². The molecule has 1 saturated heterocycles. The molecule has 3 atom stereocenters. The van der Waals surface area contributed by atoms with Crippen LogP contribution in [0, 0.1) is 11.7 Å². The zero-order chi connectivity index (χ0) is 13.1. The van der Waals surface area contributed by atoms with Crippen LogP contribution in [0.2, 0.25) is 0 Å². The lowest BCUT2D eigenvalue weighted by atomic mass is 9.94. The highest BCUT2D eigenvalue weighted by atomic mass is 35.5. The van der Waals surface area contributed by atoms with E-state index in [1.165, 1.54) is 31.4 Å². The zero-order valence-electron chi connectivity index (χ0n) is 11.5. The molecule has 20 heavy (non-hydrogen) atoms. The van der Waals surface area contributed by atoms with Crippen molar-refractivity contribution in [2.75, 3.05) is 25.1 Å². The fourth-order valence-electron chi connectivity index (χ4n) is 3.27. The molecule has 2 fully saturated rings. The standard InChI is InChI=1S/C15H21FN2O.ClH/c16-11-4-6-12(7-5-11)18-14-3-1-2-13(14)15-10-19-9-8-17-15;/h4-7,13-15,17-18H,1-3,8-10H2;1H. The van der Waals surface area contributed by atoms with Gasteiger partial charge in [0, 0.05) is 24.3 Å². The molecule has 1 aromatic rings. The Balaban J connectivity index is 0.00000147. The van der Waals surface area contributed by atoms with Gasteiger partial charge in [0.1, 0.15) is 5.82 Å². The van der Waals surface area contributed by atoms with Crippen LogP contribution in [0.4, 0.5) is 10.1 Å². The van der Waals surface area contributed by atoms with Crippen LogP contribution < -0.4 is 10.6 Å². The van der Waals surface area contributed by atoms with Gasteiger partial charge >= 0.3 is 0 Å². The Kier molecular flexibility index (Phi) is 5.64. The number of hydrogen-bond acceptors (Lipinski definition) is 3. The van der Waals surface area contributed by atoms with Crippen molar-refractivity contribution in [2.45, 2.75) is 31.3 Å². The summed E-state index contributed by atoms with van der Waals surface area (Å²) >= 11 is 0. The Hall–Kier alpha value is -0.840. The first-order chi connectivity index (χ1) is 9.33. The number of benzene rings is 1. The van der Waals surface area contributed by atoms with Gasteiger partial charge in [-0.15, -0.1) is 12.4 Å². The summed E-state index contributed by atoms with van der Waals surface area (Å²) in [6.07, 6.45) is 3.67. The molecule has 0 radical (unpaired) electrons. The fourth-order valence-corrected chi connectivity index (χ4v) is 3.27. The quantitative estimate of drug-likeness (QED) is 0.900. The van der Waals surface area contributed by atoms with Crippen LogP contribution in [0.5, 0.6) is 0 Å². The number of nitrogens with one attached hydrogen (secondary N) is 2. The average Bonchev–Trinajstić information content (AvgIpc) is 2.90. The minimum atomic E-state index is -0.184. The van der Waals surface area contributed by atoms with Crippen molar-refractivity contribution >= 4 is 18.1 Å². The normalized spacial score (nSPS) is 29.8.